The number of nitrogens with zero attached hydrogens (tertiary/aromatic N) is 1. The number of halogens is 1. The standard InChI is InChI=1S/C14H18ClNO/c1-11-5-6-13(15)12(9-11)14(17)10-16-7-3-2-4-8-16/h5-6,9H,2-4,7-8,10H2,1H3. The second-order valence-corrected chi connectivity index (χ2v) is 5.15. The largest absolute Gasteiger partial charge is 0.296 e. The highest BCUT2D eigenvalue weighted by molar-refractivity contribution is 6.34. The van der Waals surface area contributed by atoms with Crippen molar-refractivity contribution < 1.29 is 4.79 Å². The molecule has 1 aromatic carbocycles. The fourth-order valence-corrected chi connectivity index (χ4v) is 2.48. The molecule has 0 atom stereocenters. The molecule has 1 aromatic rings. The number of ketones is 1. The van der Waals surface area contributed by atoms with Gasteiger partial charge in [0, 0.05) is 5.56 Å². The Kier molecular flexibility index (Phi) is 4.19. The van der Waals surface area contributed by atoms with Gasteiger partial charge in [-0.15, -0.1) is 0 Å². The third kappa shape index (κ3) is 3.30. The third-order valence-corrected chi connectivity index (χ3v) is 3.57. The first-order valence-electron chi connectivity index (χ1n) is 6.18. The zero-order valence-corrected chi connectivity index (χ0v) is 11.0. The molecule has 0 saturated carbocycles. The first kappa shape index (κ1) is 12.6. The average molecular weight is 252 g/mol. The van der Waals surface area contributed by atoms with Crippen molar-refractivity contribution in [3.63, 3.8) is 0 Å². The predicted octanol–water partition coefficient (Wildman–Crippen LogP) is 3.32. The van der Waals surface area contributed by atoms with E-state index in [9.17, 15) is 4.79 Å². The number of aryl methyl sites for hydroxylation is 1. The fraction of sp³-hybridized carbons (Fsp3) is 0.500. The van der Waals surface area contributed by atoms with E-state index in [1.54, 1.807) is 6.07 Å². The molecule has 1 fully saturated rings. The van der Waals surface area contributed by atoms with Gasteiger partial charge >= 0.3 is 0 Å². The lowest BCUT2D eigenvalue weighted by Gasteiger charge is -2.25. The summed E-state index contributed by atoms with van der Waals surface area (Å²) in [7, 11) is 0. The maximum absolute atomic E-state index is 12.2. The summed E-state index contributed by atoms with van der Waals surface area (Å²) in [6, 6.07) is 5.62. The number of piperidine rings is 1. The molecule has 1 aliphatic rings. The summed E-state index contributed by atoms with van der Waals surface area (Å²) in [5.41, 5.74) is 1.74. The van der Waals surface area contributed by atoms with Crippen LogP contribution in [0.15, 0.2) is 18.2 Å². The summed E-state index contributed by atoms with van der Waals surface area (Å²) in [4.78, 5) is 14.4. The van der Waals surface area contributed by atoms with E-state index in [1.165, 1.54) is 19.3 Å². The number of rotatable bonds is 3. The molecule has 0 spiro atoms. The van der Waals surface area contributed by atoms with Crippen LogP contribution in [0.1, 0.15) is 35.2 Å². The van der Waals surface area contributed by atoms with Gasteiger partial charge in [0.05, 0.1) is 11.6 Å². The van der Waals surface area contributed by atoms with E-state index in [0.29, 0.717) is 17.1 Å². The maximum atomic E-state index is 12.2. The van der Waals surface area contributed by atoms with Gasteiger partial charge in [-0.25, -0.2) is 0 Å². The first-order chi connectivity index (χ1) is 8.16. The van der Waals surface area contributed by atoms with Crippen LogP contribution >= 0.6 is 11.6 Å². The molecule has 0 aliphatic carbocycles. The third-order valence-electron chi connectivity index (χ3n) is 3.24. The van der Waals surface area contributed by atoms with Crippen molar-refractivity contribution in [2.45, 2.75) is 26.2 Å². The highest BCUT2D eigenvalue weighted by Gasteiger charge is 2.16. The molecule has 0 radical (unpaired) electrons. The van der Waals surface area contributed by atoms with Crippen LogP contribution in [-0.2, 0) is 0 Å². The number of hydrogen-bond acceptors (Lipinski definition) is 2. The molecule has 1 heterocycles. The van der Waals surface area contributed by atoms with E-state index in [4.69, 9.17) is 11.6 Å². The molecule has 2 nitrogen and oxygen atoms in total. The summed E-state index contributed by atoms with van der Waals surface area (Å²) in [5.74, 6) is 0.139. The van der Waals surface area contributed by atoms with Crippen LogP contribution in [0.5, 0.6) is 0 Å². The number of carbonyl (C=O) groups is 1. The van der Waals surface area contributed by atoms with Gasteiger partial charge in [-0.3, -0.25) is 9.69 Å². The van der Waals surface area contributed by atoms with Crippen LogP contribution in [0.2, 0.25) is 5.02 Å². The summed E-state index contributed by atoms with van der Waals surface area (Å²) < 4.78 is 0. The number of benzene rings is 1. The molecule has 1 aliphatic heterocycles. The minimum Gasteiger partial charge on any atom is -0.296 e. The predicted molar refractivity (Wildman–Crippen MR) is 70.8 cm³/mol. The number of carbonyl (C=O) groups excluding carboxylic acids is 1. The number of likely N-dealkylation sites (tertiary alicyclic amines) is 1. The van der Waals surface area contributed by atoms with Crippen molar-refractivity contribution in [2.24, 2.45) is 0 Å². The van der Waals surface area contributed by atoms with Gasteiger partial charge in [-0.05, 0) is 45.0 Å². The topological polar surface area (TPSA) is 20.3 Å². The SMILES string of the molecule is Cc1ccc(Cl)c(C(=O)CN2CCCCC2)c1. The Labute approximate surface area is 108 Å². The Hall–Kier alpha value is -0.860. The average Bonchev–Trinajstić information content (AvgIpc) is 2.33. The van der Waals surface area contributed by atoms with Gasteiger partial charge in [0.1, 0.15) is 0 Å². The fourth-order valence-electron chi connectivity index (χ4n) is 2.26. The zero-order chi connectivity index (χ0) is 12.3. The summed E-state index contributed by atoms with van der Waals surface area (Å²) in [6.45, 7) is 4.56. The van der Waals surface area contributed by atoms with E-state index in [-0.39, 0.29) is 5.78 Å². The van der Waals surface area contributed by atoms with Crippen LogP contribution < -0.4 is 0 Å². The lowest BCUT2D eigenvalue weighted by atomic mass is 10.1. The highest BCUT2D eigenvalue weighted by atomic mass is 35.5. The summed E-state index contributed by atoms with van der Waals surface area (Å²) >= 11 is 6.07. The monoisotopic (exact) mass is 251 g/mol. The molecular weight excluding hydrogens is 234 g/mol. The van der Waals surface area contributed by atoms with E-state index in [1.807, 2.05) is 19.1 Å². The van der Waals surface area contributed by atoms with Crippen molar-refractivity contribution in [3.8, 4) is 0 Å². The lowest BCUT2D eigenvalue weighted by Crippen LogP contribution is -2.34. The molecule has 1 saturated heterocycles. The van der Waals surface area contributed by atoms with Crippen molar-refractivity contribution >= 4 is 17.4 Å². The second-order valence-electron chi connectivity index (χ2n) is 4.74. The lowest BCUT2D eigenvalue weighted by molar-refractivity contribution is 0.0916. The minimum absolute atomic E-state index is 0.139. The minimum atomic E-state index is 0.139. The highest BCUT2D eigenvalue weighted by Crippen LogP contribution is 2.19. The molecule has 0 unspecified atom stereocenters. The Morgan fingerprint density at radius 1 is 1.29 bits per heavy atom. The molecule has 17 heavy (non-hydrogen) atoms. The van der Waals surface area contributed by atoms with E-state index in [0.717, 1.165) is 18.7 Å². The van der Waals surface area contributed by atoms with Gasteiger partial charge in [0.15, 0.2) is 5.78 Å². The van der Waals surface area contributed by atoms with Crippen LogP contribution in [0.3, 0.4) is 0 Å². The van der Waals surface area contributed by atoms with Crippen LogP contribution in [0, 0.1) is 6.92 Å². The van der Waals surface area contributed by atoms with Gasteiger partial charge in [-0.2, -0.15) is 0 Å². The molecule has 0 N–H and O–H groups in total. The van der Waals surface area contributed by atoms with E-state index in [2.05, 4.69) is 4.90 Å². The van der Waals surface area contributed by atoms with Gasteiger partial charge in [-0.1, -0.05) is 29.7 Å². The summed E-state index contributed by atoms with van der Waals surface area (Å²) in [5, 5.41) is 0.567. The van der Waals surface area contributed by atoms with Crippen molar-refractivity contribution in [3.05, 3.63) is 34.3 Å². The van der Waals surface area contributed by atoms with Gasteiger partial charge in [0.25, 0.3) is 0 Å². The van der Waals surface area contributed by atoms with Crippen LogP contribution in [0.25, 0.3) is 0 Å². The molecule has 3 heteroatoms. The molecule has 0 amide bonds. The van der Waals surface area contributed by atoms with Crippen LogP contribution in [0.4, 0.5) is 0 Å². The molecule has 2 rings (SSSR count). The van der Waals surface area contributed by atoms with Crippen molar-refractivity contribution in [1.29, 1.82) is 0 Å². The Morgan fingerprint density at radius 3 is 2.71 bits per heavy atom. The van der Waals surface area contributed by atoms with E-state index >= 15 is 0 Å². The normalized spacial score (nSPS) is 17.1. The Balaban J connectivity index is 2.05. The Morgan fingerprint density at radius 2 is 2.00 bits per heavy atom. The molecule has 0 aromatic heterocycles. The van der Waals surface area contributed by atoms with Crippen LogP contribution in [-0.4, -0.2) is 30.3 Å². The maximum Gasteiger partial charge on any atom is 0.178 e. The van der Waals surface area contributed by atoms with Gasteiger partial charge in [0.2, 0.25) is 0 Å². The number of Topliss-reactive ketones (excluding diaryl/α,β-unsaturated/α-hetero) is 1. The summed E-state index contributed by atoms with van der Waals surface area (Å²) in [6.07, 6.45) is 3.69. The second kappa shape index (κ2) is 5.65. The molecule has 92 valence electrons. The molecule has 0 bridgehead atoms. The van der Waals surface area contributed by atoms with Crippen molar-refractivity contribution in [2.75, 3.05) is 19.6 Å². The number of hydrogen-bond donors (Lipinski definition) is 0. The van der Waals surface area contributed by atoms with E-state index < -0.39 is 0 Å². The molecular formula is C14H18ClNO. The zero-order valence-electron chi connectivity index (χ0n) is 10.2. The van der Waals surface area contributed by atoms with Gasteiger partial charge < -0.3 is 0 Å². The first-order valence-corrected chi connectivity index (χ1v) is 6.56. The smallest absolute Gasteiger partial charge is 0.178 e. The quantitative estimate of drug-likeness (QED) is 0.769. The Bertz CT molecular complexity index is 411. The van der Waals surface area contributed by atoms with Crippen molar-refractivity contribution in [1.82, 2.24) is 4.90 Å².